The normalized spacial score (nSPS) is 20.3. The van der Waals surface area contributed by atoms with Crippen LogP contribution in [0.5, 0.6) is 0 Å². The molecule has 0 bridgehead atoms. The lowest BCUT2D eigenvalue weighted by molar-refractivity contribution is -0.126. The second-order valence-electron chi connectivity index (χ2n) is 7.43. The van der Waals surface area contributed by atoms with Crippen LogP contribution in [0.1, 0.15) is 25.7 Å². The van der Waals surface area contributed by atoms with Gasteiger partial charge in [0.25, 0.3) is 0 Å². The van der Waals surface area contributed by atoms with Crippen molar-refractivity contribution in [2.45, 2.75) is 31.8 Å². The van der Waals surface area contributed by atoms with Crippen LogP contribution in [0.2, 0.25) is 0 Å². The van der Waals surface area contributed by atoms with Gasteiger partial charge in [0, 0.05) is 37.7 Å². The molecule has 4 rings (SSSR count). The van der Waals surface area contributed by atoms with E-state index in [4.69, 9.17) is 4.74 Å². The first-order chi connectivity index (χ1) is 13.7. The van der Waals surface area contributed by atoms with E-state index in [1.54, 1.807) is 6.07 Å². The maximum absolute atomic E-state index is 13.4. The largest absolute Gasteiger partial charge is 0.376 e. The Kier molecular flexibility index (Phi) is 5.81. The van der Waals surface area contributed by atoms with Gasteiger partial charge in [-0.05, 0) is 49.9 Å². The van der Waals surface area contributed by atoms with Crippen molar-refractivity contribution < 1.29 is 13.9 Å². The van der Waals surface area contributed by atoms with E-state index in [9.17, 15) is 9.18 Å². The molecule has 0 saturated carbocycles. The second kappa shape index (κ2) is 8.65. The monoisotopic (exact) mass is 384 g/mol. The zero-order chi connectivity index (χ0) is 19.3. The summed E-state index contributed by atoms with van der Waals surface area (Å²) >= 11 is 0. The quantitative estimate of drug-likeness (QED) is 0.859. The maximum Gasteiger partial charge on any atom is 0.223 e. The molecule has 1 unspecified atom stereocenters. The van der Waals surface area contributed by atoms with E-state index in [2.05, 4.69) is 20.4 Å². The number of nitrogens with one attached hydrogen (secondary N) is 1. The molecule has 2 saturated heterocycles. The van der Waals surface area contributed by atoms with Crippen molar-refractivity contribution in [3.05, 3.63) is 42.2 Å². The molecular weight excluding hydrogens is 359 g/mol. The van der Waals surface area contributed by atoms with E-state index >= 15 is 0 Å². The number of benzene rings is 1. The predicted molar refractivity (Wildman–Crippen MR) is 104 cm³/mol. The number of amides is 1. The number of ether oxygens (including phenoxy) is 1. The molecule has 1 amide bonds. The van der Waals surface area contributed by atoms with Crippen molar-refractivity contribution in [1.82, 2.24) is 15.5 Å². The third kappa shape index (κ3) is 4.47. The molecule has 1 aromatic carbocycles. The number of rotatable bonds is 5. The van der Waals surface area contributed by atoms with E-state index < -0.39 is 0 Å². The summed E-state index contributed by atoms with van der Waals surface area (Å²) in [6, 6.07) is 10.1. The van der Waals surface area contributed by atoms with E-state index in [0.29, 0.717) is 17.8 Å². The summed E-state index contributed by atoms with van der Waals surface area (Å²) in [6.07, 6.45) is 3.88. The van der Waals surface area contributed by atoms with Crippen LogP contribution in [0.15, 0.2) is 36.4 Å². The Morgan fingerprint density at radius 1 is 1.18 bits per heavy atom. The number of hydrogen-bond donors (Lipinski definition) is 1. The summed E-state index contributed by atoms with van der Waals surface area (Å²) in [5.74, 6) is 0.668. The molecule has 2 aliphatic heterocycles. The maximum atomic E-state index is 13.4. The minimum Gasteiger partial charge on any atom is -0.376 e. The molecule has 3 heterocycles. The standard InChI is InChI=1S/C21H25FN4O2/c22-17-4-1-3-16(13-17)19-6-7-20(25-24-19)26-10-8-15(9-11-26)21(27)23-14-18-5-2-12-28-18/h1,3-4,6-7,13,15,18H,2,5,8-12,14H2,(H,23,27). The fourth-order valence-electron chi connectivity index (χ4n) is 3.83. The van der Waals surface area contributed by atoms with Gasteiger partial charge in [0.1, 0.15) is 5.82 Å². The van der Waals surface area contributed by atoms with Crippen LogP contribution in [0.25, 0.3) is 11.3 Å². The smallest absolute Gasteiger partial charge is 0.223 e. The third-order valence-electron chi connectivity index (χ3n) is 5.49. The molecule has 1 atom stereocenters. The second-order valence-corrected chi connectivity index (χ2v) is 7.43. The van der Waals surface area contributed by atoms with Gasteiger partial charge in [-0.1, -0.05) is 12.1 Å². The van der Waals surface area contributed by atoms with E-state index in [1.165, 1.54) is 12.1 Å². The topological polar surface area (TPSA) is 67.3 Å². The van der Waals surface area contributed by atoms with E-state index in [1.807, 2.05) is 18.2 Å². The fourth-order valence-corrected chi connectivity index (χ4v) is 3.83. The van der Waals surface area contributed by atoms with Crippen LogP contribution in [-0.4, -0.2) is 48.4 Å². The van der Waals surface area contributed by atoms with Crippen LogP contribution in [0.3, 0.4) is 0 Å². The average Bonchev–Trinajstić information content (AvgIpc) is 3.26. The Morgan fingerprint density at radius 3 is 2.71 bits per heavy atom. The molecule has 148 valence electrons. The number of aromatic nitrogens is 2. The lowest BCUT2D eigenvalue weighted by Gasteiger charge is -2.32. The Bertz CT molecular complexity index is 800. The van der Waals surface area contributed by atoms with Crippen molar-refractivity contribution in [1.29, 1.82) is 0 Å². The summed E-state index contributed by atoms with van der Waals surface area (Å²) in [6.45, 7) is 2.96. The highest BCUT2D eigenvalue weighted by molar-refractivity contribution is 5.79. The van der Waals surface area contributed by atoms with Crippen molar-refractivity contribution in [3.8, 4) is 11.3 Å². The minimum atomic E-state index is -0.289. The third-order valence-corrected chi connectivity index (χ3v) is 5.49. The van der Waals surface area contributed by atoms with Gasteiger partial charge in [0.2, 0.25) is 5.91 Å². The molecule has 0 radical (unpaired) electrons. The van der Waals surface area contributed by atoms with Crippen LogP contribution in [0, 0.1) is 11.7 Å². The van der Waals surface area contributed by atoms with Crippen molar-refractivity contribution in [3.63, 3.8) is 0 Å². The summed E-state index contributed by atoms with van der Waals surface area (Å²) in [5, 5.41) is 11.6. The first-order valence-corrected chi connectivity index (χ1v) is 9.93. The lowest BCUT2D eigenvalue weighted by atomic mass is 9.96. The molecule has 7 heteroatoms. The van der Waals surface area contributed by atoms with Gasteiger partial charge in [-0.25, -0.2) is 4.39 Å². The van der Waals surface area contributed by atoms with Gasteiger partial charge in [-0.2, -0.15) is 0 Å². The molecular formula is C21H25FN4O2. The molecule has 2 aromatic rings. The lowest BCUT2D eigenvalue weighted by Crippen LogP contribution is -2.42. The number of carbonyl (C=O) groups excluding carboxylic acids is 1. The number of piperidine rings is 1. The van der Waals surface area contributed by atoms with Gasteiger partial charge >= 0.3 is 0 Å². The Labute approximate surface area is 164 Å². The van der Waals surface area contributed by atoms with Crippen LogP contribution in [-0.2, 0) is 9.53 Å². The summed E-state index contributed by atoms with van der Waals surface area (Å²) < 4.78 is 18.9. The average molecular weight is 384 g/mol. The molecule has 28 heavy (non-hydrogen) atoms. The molecule has 1 N–H and O–H groups in total. The highest BCUT2D eigenvalue weighted by Gasteiger charge is 2.26. The summed E-state index contributed by atoms with van der Waals surface area (Å²) in [7, 11) is 0. The van der Waals surface area contributed by atoms with Crippen molar-refractivity contribution >= 4 is 11.7 Å². The van der Waals surface area contributed by atoms with Gasteiger partial charge in [0.15, 0.2) is 5.82 Å². The van der Waals surface area contributed by atoms with Crippen LogP contribution in [0.4, 0.5) is 10.2 Å². The Balaban J connectivity index is 1.29. The Morgan fingerprint density at radius 2 is 2.04 bits per heavy atom. The zero-order valence-corrected chi connectivity index (χ0v) is 15.8. The minimum absolute atomic E-state index is 0.0391. The molecule has 0 spiro atoms. The first kappa shape index (κ1) is 18.8. The molecule has 0 aliphatic carbocycles. The summed E-state index contributed by atoms with van der Waals surface area (Å²) in [5.41, 5.74) is 1.35. The molecule has 1 aromatic heterocycles. The van der Waals surface area contributed by atoms with E-state index in [0.717, 1.165) is 51.2 Å². The number of nitrogens with zero attached hydrogens (tertiary/aromatic N) is 3. The van der Waals surface area contributed by atoms with Gasteiger partial charge in [-0.3, -0.25) is 4.79 Å². The number of carbonyl (C=O) groups is 1. The number of halogens is 1. The SMILES string of the molecule is O=C(NCC1CCCO1)C1CCN(c2ccc(-c3cccc(F)c3)nn2)CC1. The molecule has 2 fully saturated rings. The fraction of sp³-hybridized carbons (Fsp3) is 0.476. The first-order valence-electron chi connectivity index (χ1n) is 9.93. The predicted octanol–water partition coefficient (Wildman–Crippen LogP) is 2.79. The highest BCUT2D eigenvalue weighted by Crippen LogP contribution is 2.24. The number of hydrogen-bond acceptors (Lipinski definition) is 5. The van der Waals surface area contributed by atoms with Crippen LogP contribution < -0.4 is 10.2 Å². The summed E-state index contributed by atoms with van der Waals surface area (Å²) in [4.78, 5) is 14.5. The zero-order valence-electron chi connectivity index (χ0n) is 15.8. The number of anilines is 1. The Hall–Kier alpha value is -2.54. The van der Waals surface area contributed by atoms with Crippen molar-refractivity contribution in [2.24, 2.45) is 5.92 Å². The van der Waals surface area contributed by atoms with E-state index in [-0.39, 0.29) is 23.7 Å². The van der Waals surface area contributed by atoms with Crippen molar-refractivity contribution in [2.75, 3.05) is 31.1 Å². The van der Waals surface area contributed by atoms with Crippen LogP contribution >= 0.6 is 0 Å². The molecule has 2 aliphatic rings. The highest BCUT2D eigenvalue weighted by atomic mass is 19.1. The van der Waals surface area contributed by atoms with Gasteiger partial charge in [-0.15, -0.1) is 10.2 Å². The molecule has 6 nitrogen and oxygen atoms in total. The van der Waals surface area contributed by atoms with Gasteiger partial charge < -0.3 is 15.0 Å². The van der Waals surface area contributed by atoms with Gasteiger partial charge in [0.05, 0.1) is 11.8 Å².